The van der Waals surface area contributed by atoms with E-state index < -0.39 is 0 Å². The highest BCUT2D eigenvalue weighted by atomic mass is 32.8. The van der Waals surface area contributed by atoms with Crippen LogP contribution in [0.5, 0.6) is 0 Å². The van der Waals surface area contributed by atoms with Crippen molar-refractivity contribution in [1.29, 1.82) is 0 Å². The molecule has 11 heavy (non-hydrogen) atoms. The summed E-state index contributed by atoms with van der Waals surface area (Å²) in [5, 5.41) is 6.29. The number of hydrogen-bond acceptors (Lipinski definition) is 3. The van der Waals surface area contributed by atoms with Crippen molar-refractivity contribution in [3.8, 4) is 0 Å². The Bertz CT molecular complexity index is 168. The van der Waals surface area contributed by atoms with Gasteiger partial charge in [-0.25, -0.2) is 0 Å². The molecular weight excluding hydrogens is 176 g/mol. The van der Waals surface area contributed by atoms with Gasteiger partial charge < -0.3 is 0 Å². The van der Waals surface area contributed by atoms with Crippen molar-refractivity contribution in [3.63, 3.8) is 0 Å². The Hall–Kier alpha value is 0.0400. The van der Waals surface area contributed by atoms with Gasteiger partial charge in [-0.1, -0.05) is 29.2 Å². The maximum atomic E-state index is 5.10. The highest BCUT2D eigenvalue weighted by molar-refractivity contribution is 8.36. The lowest BCUT2D eigenvalue weighted by Gasteiger charge is -2.11. The number of nitrogens with zero attached hydrogens (tertiary/aromatic N) is 2. The minimum absolute atomic E-state index is 0.00926. The molecule has 0 N–H and O–H groups in total. The number of unbranched alkanes of at least 4 members (excludes halogenated alkanes) is 2. The van der Waals surface area contributed by atoms with Gasteiger partial charge in [0.2, 0.25) is 0 Å². The van der Waals surface area contributed by atoms with Crippen LogP contribution < -0.4 is 0 Å². The first kappa shape index (κ1) is 9.13. The summed E-state index contributed by atoms with van der Waals surface area (Å²) in [4.78, 5) is 0. The summed E-state index contributed by atoms with van der Waals surface area (Å²) in [5.41, 5.74) is 1.89. The highest BCUT2D eigenvalue weighted by Crippen LogP contribution is 2.03. The molecule has 0 aliphatic carbocycles. The van der Waals surface area contributed by atoms with Gasteiger partial charge in [0.1, 0.15) is 0 Å². The Morgan fingerprint density at radius 2 is 2.45 bits per heavy atom. The van der Waals surface area contributed by atoms with E-state index in [1.165, 1.54) is 19.3 Å². The lowest BCUT2D eigenvalue weighted by atomic mass is 10.2. The smallest absolute Gasteiger partial charge is 0.0913 e. The third-order valence-electron chi connectivity index (χ3n) is 1.62. The van der Waals surface area contributed by atoms with E-state index in [0.717, 1.165) is 12.4 Å². The van der Waals surface area contributed by atoms with Crippen LogP contribution in [0.4, 0.5) is 0 Å². The number of hydrazone groups is 1. The molecule has 0 bridgehead atoms. The molecule has 0 fully saturated rings. The van der Waals surface area contributed by atoms with Gasteiger partial charge in [-0.3, -0.25) is 5.01 Å². The Balaban J connectivity index is 2.09. The van der Waals surface area contributed by atoms with Crippen LogP contribution in [0.25, 0.3) is 0 Å². The summed E-state index contributed by atoms with van der Waals surface area (Å²) < 4.78 is 0. The van der Waals surface area contributed by atoms with Crippen molar-refractivity contribution in [3.05, 3.63) is 0 Å². The minimum atomic E-state index is 0.00926. The fourth-order valence-corrected chi connectivity index (χ4v) is 2.27. The summed E-state index contributed by atoms with van der Waals surface area (Å²) in [5.74, 6) is 0.971. The molecule has 0 aromatic carbocycles. The van der Waals surface area contributed by atoms with Crippen LogP contribution >= 0.6 is 0 Å². The average Bonchev–Trinajstić information content (AvgIpc) is 2.37. The molecule has 0 spiro atoms. The Kier molecular flexibility index (Phi) is 4.01. The molecule has 0 aromatic rings. The van der Waals surface area contributed by atoms with Crippen molar-refractivity contribution >= 4 is 26.2 Å². The largest absolute Gasteiger partial charge is 0.286 e. The average molecular weight is 190 g/mol. The van der Waals surface area contributed by atoms with E-state index in [9.17, 15) is 0 Å². The lowest BCUT2D eigenvalue weighted by Crippen LogP contribution is -2.16. The van der Waals surface area contributed by atoms with E-state index >= 15 is 0 Å². The highest BCUT2D eigenvalue weighted by Gasteiger charge is 2.07. The van der Waals surface area contributed by atoms with Gasteiger partial charge in [0.25, 0.3) is 0 Å². The van der Waals surface area contributed by atoms with Gasteiger partial charge in [0.15, 0.2) is 0 Å². The van der Waals surface area contributed by atoms with Crippen LogP contribution in [0.3, 0.4) is 0 Å². The monoisotopic (exact) mass is 190 g/mol. The van der Waals surface area contributed by atoms with Crippen molar-refractivity contribution in [1.82, 2.24) is 5.01 Å². The van der Waals surface area contributed by atoms with Gasteiger partial charge >= 0.3 is 0 Å². The third kappa shape index (κ3) is 3.29. The Morgan fingerprint density at radius 1 is 1.64 bits per heavy atom. The molecule has 4 heteroatoms. The lowest BCUT2D eigenvalue weighted by molar-refractivity contribution is 0.337. The molecule has 1 unspecified atom stereocenters. The molecule has 64 valence electrons. The predicted octanol–water partition coefficient (Wildman–Crippen LogP) is 1.47. The van der Waals surface area contributed by atoms with Crippen LogP contribution in [-0.2, 0) is 20.6 Å². The first-order valence-corrected chi connectivity index (χ1v) is 6.37. The van der Waals surface area contributed by atoms with Crippen LogP contribution in [0.15, 0.2) is 5.10 Å². The van der Waals surface area contributed by atoms with Gasteiger partial charge in [0.05, 0.1) is 11.4 Å². The molecule has 0 saturated heterocycles. The second-order valence-corrected chi connectivity index (χ2v) is 5.18. The molecule has 1 rings (SSSR count). The summed E-state index contributed by atoms with van der Waals surface area (Å²) in [6.45, 7) is 3.30. The molecule has 0 amide bonds. The molecule has 0 radical (unpaired) electrons. The molecule has 0 aromatic heterocycles. The standard InChI is InChI=1S/C7H14N2S2/c1-2-3-4-5-9-7-11(10)6-8-9/h6H,2-5,7H2,1H3. The van der Waals surface area contributed by atoms with Crippen molar-refractivity contribution in [2.45, 2.75) is 26.2 Å². The SMILES string of the molecule is CCCCCN1CS(=S)C=N1. The predicted molar refractivity (Wildman–Crippen MR) is 54.3 cm³/mol. The van der Waals surface area contributed by atoms with Crippen LogP contribution in [-0.4, -0.2) is 23.0 Å². The van der Waals surface area contributed by atoms with E-state index in [2.05, 4.69) is 17.0 Å². The number of rotatable bonds is 4. The molecule has 1 atom stereocenters. The van der Waals surface area contributed by atoms with E-state index in [1.54, 1.807) is 0 Å². The van der Waals surface area contributed by atoms with Crippen LogP contribution in [0.1, 0.15) is 26.2 Å². The van der Waals surface area contributed by atoms with Gasteiger partial charge in [-0.15, -0.1) is 0 Å². The quantitative estimate of drug-likeness (QED) is 0.624. The summed E-state index contributed by atoms with van der Waals surface area (Å²) in [6, 6.07) is 0. The van der Waals surface area contributed by atoms with E-state index in [0.29, 0.717) is 0 Å². The first-order valence-electron chi connectivity index (χ1n) is 3.99. The van der Waals surface area contributed by atoms with Crippen molar-refractivity contribution in [2.75, 3.05) is 12.4 Å². The van der Waals surface area contributed by atoms with Crippen LogP contribution in [0, 0.1) is 0 Å². The fourth-order valence-electron chi connectivity index (χ4n) is 0.999. The second-order valence-electron chi connectivity index (χ2n) is 2.67. The zero-order valence-corrected chi connectivity index (χ0v) is 8.46. The van der Waals surface area contributed by atoms with E-state index in [-0.39, 0.29) is 9.45 Å². The maximum Gasteiger partial charge on any atom is 0.0913 e. The molecule has 2 nitrogen and oxygen atoms in total. The normalized spacial score (nSPS) is 23.0. The van der Waals surface area contributed by atoms with Crippen molar-refractivity contribution < 1.29 is 0 Å². The summed E-state index contributed by atoms with van der Waals surface area (Å²) in [7, 11) is 0.00926. The second kappa shape index (κ2) is 4.83. The molecule has 1 heterocycles. The van der Waals surface area contributed by atoms with E-state index in [1.807, 2.05) is 5.55 Å². The summed E-state index contributed by atoms with van der Waals surface area (Å²) in [6.07, 6.45) is 3.83. The Morgan fingerprint density at radius 3 is 3.00 bits per heavy atom. The van der Waals surface area contributed by atoms with Gasteiger partial charge in [-0.2, -0.15) is 5.10 Å². The first-order chi connectivity index (χ1) is 5.33. The zero-order chi connectivity index (χ0) is 8.10. The number of hydrogen-bond donors (Lipinski definition) is 0. The molecule has 0 saturated carbocycles. The van der Waals surface area contributed by atoms with Crippen molar-refractivity contribution in [2.24, 2.45) is 5.10 Å². The fraction of sp³-hybridized carbons (Fsp3) is 0.857. The third-order valence-corrected chi connectivity index (χ3v) is 3.08. The Labute approximate surface area is 75.2 Å². The zero-order valence-electron chi connectivity index (χ0n) is 6.82. The van der Waals surface area contributed by atoms with Crippen LogP contribution in [0.2, 0.25) is 0 Å². The summed E-state index contributed by atoms with van der Waals surface area (Å²) >= 11 is 5.10. The van der Waals surface area contributed by atoms with Gasteiger partial charge in [-0.05, 0) is 17.6 Å². The maximum absolute atomic E-state index is 5.10. The molecule has 1 aliphatic rings. The topological polar surface area (TPSA) is 15.6 Å². The van der Waals surface area contributed by atoms with Gasteiger partial charge in [0, 0.05) is 6.54 Å². The molecular formula is C7H14N2S2. The molecule has 1 aliphatic heterocycles. The van der Waals surface area contributed by atoms with E-state index in [4.69, 9.17) is 11.2 Å². The minimum Gasteiger partial charge on any atom is -0.286 e.